The Balaban J connectivity index is 1.93. The van der Waals surface area contributed by atoms with Crippen LogP contribution in [0.2, 0.25) is 0 Å². The van der Waals surface area contributed by atoms with E-state index in [9.17, 15) is 0 Å². The SMILES string of the molecule is Brc1cncc2cn(CC3=CC=CCC3)nc12. The van der Waals surface area contributed by atoms with Crippen LogP contribution >= 0.6 is 15.9 Å². The molecule has 0 aromatic carbocycles. The molecule has 0 radical (unpaired) electrons. The highest BCUT2D eigenvalue weighted by molar-refractivity contribution is 9.10. The molecule has 0 spiro atoms. The third kappa shape index (κ3) is 2.17. The zero-order chi connectivity index (χ0) is 11.7. The smallest absolute Gasteiger partial charge is 0.110 e. The van der Waals surface area contributed by atoms with Crippen LogP contribution in [0.3, 0.4) is 0 Å². The molecule has 2 aromatic rings. The van der Waals surface area contributed by atoms with Crippen molar-refractivity contribution in [2.24, 2.45) is 0 Å². The molecule has 0 saturated heterocycles. The fourth-order valence-corrected chi connectivity index (χ4v) is 2.46. The van der Waals surface area contributed by atoms with Gasteiger partial charge in [-0.3, -0.25) is 9.67 Å². The maximum atomic E-state index is 4.57. The second-order valence-electron chi connectivity index (χ2n) is 4.18. The largest absolute Gasteiger partial charge is 0.267 e. The van der Waals surface area contributed by atoms with Gasteiger partial charge in [-0.25, -0.2) is 0 Å². The van der Waals surface area contributed by atoms with Gasteiger partial charge in [0, 0.05) is 24.0 Å². The molecule has 1 aliphatic carbocycles. The van der Waals surface area contributed by atoms with Gasteiger partial charge in [0.25, 0.3) is 0 Å². The Morgan fingerprint density at radius 3 is 3.06 bits per heavy atom. The summed E-state index contributed by atoms with van der Waals surface area (Å²) < 4.78 is 2.94. The van der Waals surface area contributed by atoms with Crippen molar-refractivity contribution in [1.82, 2.24) is 14.8 Å². The van der Waals surface area contributed by atoms with E-state index in [0.717, 1.165) is 34.8 Å². The van der Waals surface area contributed by atoms with Gasteiger partial charge in [0.1, 0.15) is 5.52 Å². The maximum Gasteiger partial charge on any atom is 0.110 e. The molecule has 0 unspecified atom stereocenters. The van der Waals surface area contributed by atoms with E-state index in [2.05, 4.69) is 44.2 Å². The van der Waals surface area contributed by atoms with Gasteiger partial charge in [-0.05, 0) is 34.3 Å². The van der Waals surface area contributed by atoms with Gasteiger partial charge in [0.15, 0.2) is 0 Å². The number of hydrogen-bond acceptors (Lipinski definition) is 2. The van der Waals surface area contributed by atoms with Crippen LogP contribution in [0.25, 0.3) is 10.9 Å². The summed E-state index contributed by atoms with van der Waals surface area (Å²) in [5, 5.41) is 5.65. The standard InChI is InChI=1S/C13H12BrN3/c14-12-7-15-6-11-9-17(16-13(11)12)8-10-4-2-1-3-5-10/h1-2,4,6-7,9H,3,5,8H2. The fraction of sp³-hybridized carbons (Fsp3) is 0.231. The van der Waals surface area contributed by atoms with Crippen molar-refractivity contribution in [3.05, 3.63) is 46.9 Å². The van der Waals surface area contributed by atoms with Crippen molar-refractivity contribution in [2.45, 2.75) is 19.4 Å². The molecule has 2 heterocycles. The highest BCUT2D eigenvalue weighted by Gasteiger charge is 2.06. The number of nitrogens with zero attached hydrogens (tertiary/aromatic N) is 3. The average molecular weight is 290 g/mol. The lowest BCUT2D eigenvalue weighted by Gasteiger charge is -2.08. The van der Waals surface area contributed by atoms with Crippen molar-refractivity contribution >= 4 is 26.8 Å². The van der Waals surface area contributed by atoms with Gasteiger partial charge in [-0.15, -0.1) is 0 Å². The molecular weight excluding hydrogens is 278 g/mol. The van der Waals surface area contributed by atoms with Gasteiger partial charge < -0.3 is 0 Å². The van der Waals surface area contributed by atoms with Crippen LogP contribution in [0.1, 0.15) is 12.8 Å². The van der Waals surface area contributed by atoms with Gasteiger partial charge in [-0.1, -0.05) is 18.2 Å². The minimum absolute atomic E-state index is 0.867. The molecular formula is C13H12BrN3. The molecule has 3 nitrogen and oxygen atoms in total. The maximum absolute atomic E-state index is 4.57. The summed E-state index contributed by atoms with van der Waals surface area (Å²) in [5.74, 6) is 0. The summed E-state index contributed by atoms with van der Waals surface area (Å²) in [4.78, 5) is 4.15. The molecule has 0 aliphatic heterocycles. The van der Waals surface area contributed by atoms with Crippen molar-refractivity contribution in [1.29, 1.82) is 0 Å². The molecule has 0 atom stereocenters. The quantitative estimate of drug-likeness (QED) is 0.848. The Morgan fingerprint density at radius 1 is 1.35 bits per heavy atom. The Bertz CT molecular complexity index is 610. The van der Waals surface area contributed by atoms with Crippen LogP contribution in [0.15, 0.2) is 46.9 Å². The number of pyridine rings is 1. The predicted molar refractivity (Wildman–Crippen MR) is 71.7 cm³/mol. The zero-order valence-electron chi connectivity index (χ0n) is 9.31. The Labute approximate surface area is 108 Å². The lowest BCUT2D eigenvalue weighted by molar-refractivity contribution is 0.661. The van der Waals surface area contributed by atoms with Crippen molar-refractivity contribution < 1.29 is 0 Å². The number of rotatable bonds is 2. The van der Waals surface area contributed by atoms with Crippen LogP contribution in [0.5, 0.6) is 0 Å². The normalized spacial score (nSPS) is 15.2. The topological polar surface area (TPSA) is 30.7 Å². The number of hydrogen-bond donors (Lipinski definition) is 0. The van der Waals surface area contributed by atoms with E-state index in [1.54, 1.807) is 6.20 Å². The first-order valence-corrected chi connectivity index (χ1v) is 6.43. The van der Waals surface area contributed by atoms with Gasteiger partial charge in [0.05, 0.1) is 11.0 Å². The van der Waals surface area contributed by atoms with Gasteiger partial charge in [-0.2, -0.15) is 5.10 Å². The van der Waals surface area contributed by atoms with Gasteiger partial charge >= 0.3 is 0 Å². The highest BCUT2D eigenvalue weighted by Crippen LogP contribution is 2.21. The third-order valence-corrected chi connectivity index (χ3v) is 3.46. The summed E-state index contributed by atoms with van der Waals surface area (Å²) in [7, 11) is 0. The molecule has 4 heteroatoms. The molecule has 1 aliphatic rings. The van der Waals surface area contributed by atoms with E-state index < -0.39 is 0 Å². The van der Waals surface area contributed by atoms with E-state index in [1.807, 2.05) is 17.1 Å². The summed E-state index contributed by atoms with van der Waals surface area (Å²) in [5.41, 5.74) is 2.40. The monoisotopic (exact) mass is 289 g/mol. The fourth-order valence-electron chi connectivity index (χ4n) is 2.03. The van der Waals surface area contributed by atoms with Crippen molar-refractivity contribution in [3.63, 3.8) is 0 Å². The van der Waals surface area contributed by atoms with Crippen molar-refractivity contribution in [3.8, 4) is 0 Å². The molecule has 0 bridgehead atoms. The lowest BCUT2D eigenvalue weighted by atomic mass is 10.1. The molecule has 0 N–H and O–H groups in total. The second kappa shape index (κ2) is 4.45. The summed E-state index contributed by atoms with van der Waals surface area (Å²) >= 11 is 3.47. The average Bonchev–Trinajstić information content (AvgIpc) is 2.74. The van der Waals surface area contributed by atoms with Crippen LogP contribution in [-0.4, -0.2) is 14.8 Å². The second-order valence-corrected chi connectivity index (χ2v) is 5.03. The molecule has 2 aromatic heterocycles. The third-order valence-electron chi connectivity index (χ3n) is 2.88. The Hall–Kier alpha value is -1.42. The summed E-state index contributed by atoms with van der Waals surface area (Å²) in [6.45, 7) is 0.867. The van der Waals surface area contributed by atoms with Crippen LogP contribution in [0.4, 0.5) is 0 Å². The van der Waals surface area contributed by atoms with E-state index in [1.165, 1.54) is 5.57 Å². The number of aromatic nitrogens is 3. The van der Waals surface area contributed by atoms with E-state index in [-0.39, 0.29) is 0 Å². The zero-order valence-corrected chi connectivity index (χ0v) is 10.9. The Morgan fingerprint density at radius 2 is 2.29 bits per heavy atom. The van der Waals surface area contributed by atoms with Gasteiger partial charge in [0.2, 0.25) is 0 Å². The van der Waals surface area contributed by atoms with Crippen LogP contribution in [-0.2, 0) is 6.54 Å². The lowest BCUT2D eigenvalue weighted by Crippen LogP contribution is -2.02. The first kappa shape index (κ1) is 10.7. The predicted octanol–water partition coefficient (Wildman–Crippen LogP) is 3.47. The number of fused-ring (bicyclic) bond motifs is 1. The first-order valence-electron chi connectivity index (χ1n) is 5.64. The Kier molecular flexibility index (Phi) is 2.81. The van der Waals surface area contributed by atoms with E-state index >= 15 is 0 Å². The molecule has 0 amide bonds. The number of halogens is 1. The molecule has 17 heavy (non-hydrogen) atoms. The van der Waals surface area contributed by atoms with Crippen molar-refractivity contribution in [2.75, 3.05) is 0 Å². The molecule has 86 valence electrons. The molecule has 3 rings (SSSR count). The van der Waals surface area contributed by atoms with Crippen LogP contribution in [0, 0.1) is 0 Å². The number of allylic oxidation sites excluding steroid dienone is 4. The summed E-state index contributed by atoms with van der Waals surface area (Å²) in [6, 6.07) is 0. The molecule has 0 fully saturated rings. The van der Waals surface area contributed by atoms with E-state index in [0.29, 0.717) is 0 Å². The van der Waals surface area contributed by atoms with Crippen LogP contribution < -0.4 is 0 Å². The minimum Gasteiger partial charge on any atom is -0.267 e. The first-order chi connectivity index (χ1) is 8.33. The van der Waals surface area contributed by atoms with E-state index in [4.69, 9.17) is 0 Å². The summed E-state index contributed by atoms with van der Waals surface area (Å²) in [6.07, 6.45) is 14.4. The molecule has 0 saturated carbocycles. The highest BCUT2D eigenvalue weighted by atomic mass is 79.9. The minimum atomic E-state index is 0.867.